The Bertz CT molecular complexity index is 683. The minimum absolute atomic E-state index is 0. The molecule has 7 nitrogen and oxygen atoms in total. The highest BCUT2D eigenvalue weighted by molar-refractivity contribution is 14.0. The van der Waals surface area contributed by atoms with E-state index < -0.39 is 10.0 Å². The summed E-state index contributed by atoms with van der Waals surface area (Å²) < 4.78 is 30.5. The number of halogens is 1. The van der Waals surface area contributed by atoms with Gasteiger partial charge in [-0.15, -0.1) is 24.0 Å². The molecule has 2 N–H and O–H groups in total. The number of hydrogen-bond acceptors (Lipinski definition) is 4. The molecule has 0 amide bonds. The lowest BCUT2D eigenvalue weighted by Gasteiger charge is -2.20. The zero-order valence-electron chi connectivity index (χ0n) is 16.9. The Balaban J connectivity index is 0.00000676. The fourth-order valence-corrected chi connectivity index (χ4v) is 3.36. The van der Waals surface area contributed by atoms with E-state index in [1.54, 1.807) is 7.05 Å². The van der Waals surface area contributed by atoms with Crippen molar-refractivity contribution in [1.82, 2.24) is 14.9 Å². The number of ether oxygens (including phenoxy) is 1. The molecule has 156 valence electrons. The maximum Gasteiger partial charge on any atom is 0.211 e. The van der Waals surface area contributed by atoms with Gasteiger partial charge < -0.3 is 15.4 Å². The smallest absolute Gasteiger partial charge is 0.211 e. The van der Waals surface area contributed by atoms with E-state index in [0.29, 0.717) is 38.6 Å². The summed E-state index contributed by atoms with van der Waals surface area (Å²) in [5.74, 6) is 1.55. The summed E-state index contributed by atoms with van der Waals surface area (Å²) in [5.41, 5.74) is 1.10. The number of aryl methyl sites for hydroxylation is 1. The average molecular weight is 512 g/mol. The highest BCUT2D eigenvalue weighted by Gasteiger charge is 2.13. The second-order valence-corrected chi connectivity index (χ2v) is 8.16. The minimum atomic E-state index is -3.13. The first-order valence-corrected chi connectivity index (χ1v) is 10.7. The average Bonchev–Trinajstić information content (AvgIpc) is 2.58. The summed E-state index contributed by atoms with van der Waals surface area (Å²) in [4.78, 5) is 4.18. The number of benzene rings is 1. The van der Waals surface area contributed by atoms with E-state index in [4.69, 9.17) is 4.74 Å². The van der Waals surface area contributed by atoms with E-state index >= 15 is 0 Å². The van der Waals surface area contributed by atoms with Crippen LogP contribution in [-0.2, 0) is 10.0 Å². The van der Waals surface area contributed by atoms with Crippen LogP contribution < -0.4 is 15.4 Å². The highest BCUT2D eigenvalue weighted by atomic mass is 127. The first-order valence-electron chi connectivity index (χ1n) is 8.89. The summed E-state index contributed by atoms with van der Waals surface area (Å²) in [5, 5.41) is 6.42. The van der Waals surface area contributed by atoms with Crippen molar-refractivity contribution in [2.45, 2.75) is 33.3 Å². The maximum absolute atomic E-state index is 11.6. The quantitative estimate of drug-likeness (QED) is 0.218. The first kappa shape index (κ1) is 25.9. The molecule has 0 heterocycles. The van der Waals surface area contributed by atoms with Crippen molar-refractivity contribution >= 4 is 40.0 Å². The van der Waals surface area contributed by atoms with Gasteiger partial charge in [0.25, 0.3) is 0 Å². The van der Waals surface area contributed by atoms with E-state index in [1.165, 1.54) is 10.6 Å². The lowest BCUT2D eigenvalue weighted by atomic mass is 10.2. The van der Waals surface area contributed by atoms with Crippen molar-refractivity contribution in [3.63, 3.8) is 0 Å². The van der Waals surface area contributed by atoms with E-state index in [-0.39, 0.29) is 30.1 Å². The SMILES string of the molecule is CCN(CCCNC(=NC)NCC(C)Oc1ccccc1C)S(C)(=O)=O.I. The van der Waals surface area contributed by atoms with Crippen molar-refractivity contribution < 1.29 is 13.2 Å². The second-order valence-electron chi connectivity index (χ2n) is 6.18. The molecule has 0 aliphatic heterocycles. The third-order valence-electron chi connectivity index (χ3n) is 3.90. The normalized spacial score (nSPS) is 13.0. The van der Waals surface area contributed by atoms with E-state index in [1.807, 2.05) is 45.0 Å². The fourth-order valence-electron chi connectivity index (χ4n) is 2.43. The van der Waals surface area contributed by atoms with Gasteiger partial charge in [-0.2, -0.15) is 0 Å². The molecule has 0 fully saturated rings. The minimum Gasteiger partial charge on any atom is -0.489 e. The Morgan fingerprint density at radius 3 is 2.52 bits per heavy atom. The molecule has 27 heavy (non-hydrogen) atoms. The molecule has 0 aliphatic carbocycles. The van der Waals surface area contributed by atoms with Gasteiger partial charge in [-0.3, -0.25) is 4.99 Å². The van der Waals surface area contributed by atoms with E-state index in [9.17, 15) is 8.42 Å². The number of hydrogen-bond donors (Lipinski definition) is 2. The van der Waals surface area contributed by atoms with Crippen LogP contribution in [0, 0.1) is 6.92 Å². The van der Waals surface area contributed by atoms with Crippen LogP contribution in [0.25, 0.3) is 0 Å². The summed E-state index contributed by atoms with van der Waals surface area (Å²) in [6.07, 6.45) is 1.92. The zero-order valence-corrected chi connectivity index (χ0v) is 20.0. The van der Waals surface area contributed by atoms with Crippen molar-refractivity contribution in [3.05, 3.63) is 29.8 Å². The van der Waals surface area contributed by atoms with Gasteiger partial charge in [0.05, 0.1) is 12.8 Å². The molecule has 1 rings (SSSR count). The van der Waals surface area contributed by atoms with Gasteiger partial charge in [0, 0.05) is 26.7 Å². The number of rotatable bonds is 10. The summed E-state index contributed by atoms with van der Waals surface area (Å²) in [7, 11) is -1.43. The lowest BCUT2D eigenvalue weighted by Crippen LogP contribution is -2.42. The van der Waals surface area contributed by atoms with E-state index in [2.05, 4.69) is 15.6 Å². The second kappa shape index (κ2) is 13.2. The monoisotopic (exact) mass is 512 g/mol. The maximum atomic E-state index is 11.6. The third kappa shape index (κ3) is 10.2. The number of para-hydroxylation sites is 1. The van der Waals surface area contributed by atoms with Crippen LogP contribution in [0.5, 0.6) is 5.75 Å². The number of nitrogens with one attached hydrogen (secondary N) is 2. The Labute approximate surface area is 181 Å². The van der Waals surface area contributed by atoms with Crippen molar-refractivity contribution in [2.75, 3.05) is 39.5 Å². The molecular weight excluding hydrogens is 479 g/mol. The highest BCUT2D eigenvalue weighted by Crippen LogP contribution is 2.17. The first-order chi connectivity index (χ1) is 12.3. The van der Waals surface area contributed by atoms with Crippen LogP contribution in [-0.4, -0.2) is 64.3 Å². The Hall–Kier alpha value is -1.07. The van der Waals surface area contributed by atoms with Crippen LogP contribution in [0.3, 0.4) is 0 Å². The molecule has 0 aliphatic rings. The molecule has 1 atom stereocenters. The third-order valence-corrected chi connectivity index (χ3v) is 5.28. The number of sulfonamides is 1. The largest absolute Gasteiger partial charge is 0.489 e. The van der Waals surface area contributed by atoms with Crippen LogP contribution in [0.1, 0.15) is 25.8 Å². The van der Waals surface area contributed by atoms with Crippen molar-refractivity contribution in [3.8, 4) is 5.75 Å². The molecule has 0 aromatic heterocycles. The number of guanidine groups is 1. The molecule has 1 aromatic carbocycles. The van der Waals surface area contributed by atoms with Gasteiger partial charge in [0.1, 0.15) is 11.9 Å². The Morgan fingerprint density at radius 1 is 1.30 bits per heavy atom. The molecule has 0 saturated carbocycles. The standard InChI is InChI=1S/C18H32N4O3S.HI/c1-6-22(26(5,23)24)13-9-12-20-18(19-4)21-14-16(3)25-17-11-8-7-10-15(17)2;/h7-8,10-11,16H,6,9,12-14H2,1-5H3,(H2,19,20,21);1H. The zero-order chi connectivity index (χ0) is 19.6. The summed E-state index contributed by atoms with van der Waals surface area (Å²) in [6, 6.07) is 7.92. The predicted molar refractivity (Wildman–Crippen MR) is 123 cm³/mol. The molecule has 0 bridgehead atoms. The van der Waals surface area contributed by atoms with Crippen molar-refractivity contribution in [2.24, 2.45) is 4.99 Å². The summed E-state index contributed by atoms with van der Waals surface area (Å²) in [6.45, 7) is 8.08. The molecule has 9 heteroatoms. The van der Waals surface area contributed by atoms with Gasteiger partial charge in [0.2, 0.25) is 10.0 Å². The van der Waals surface area contributed by atoms with Gasteiger partial charge >= 0.3 is 0 Å². The van der Waals surface area contributed by atoms with Crippen molar-refractivity contribution in [1.29, 1.82) is 0 Å². The van der Waals surface area contributed by atoms with Gasteiger partial charge in [-0.05, 0) is 31.9 Å². The van der Waals surface area contributed by atoms with Gasteiger partial charge in [0.15, 0.2) is 5.96 Å². The number of aliphatic imine (C=N–C) groups is 1. The van der Waals surface area contributed by atoms with Crippen LogP contribution >= 0.6 is 24.0 Å². The van der Waals surface area contributed by atoms with Gasteiger partial charge in [-0.25, -0.2) is 12.7 Å². The topological polar surface area (TPSA) is 83.0 Å². The Morgan fingerprint density at radius 2 is 1.96 bits per heavy atom. The van der Waals surface area contributed by atoms with Gasteiger partial charge in [-0.1, -0.05) is 25.1 Å². The lowest BCUT2D eigenvalue weighted by molar-refractivity contribution is 0.222. The fraction of sp³-hybridized carbons (Fsp3) is 0.611. The Kier molecular flexibility index (Phi) is 12.6. The van der Waals surface area contributed by atoms with Crippen LogP contribution in [0.4, 0.5) is 0 Å². The molecule has 0 radical (unpaired) electrons. The van der Waals surface area contributed by atoms with Crippen LogP contribution in [0.2, 0.25) is 0 Å². The molecular formula is C18H33IN4O3S. The van der Waals surface area contributed by atoms with E-state index in [0.717, 1.165) is 11.3 Å². The predicted octanol–water partition coefficient (Wildman–Crippen LogP) is 2.22. The molecule has 0 saturated heterocycles. The number of nitrogens with zero attached hydrogens (tertiary/aromatic N) is 2. The molecule has 0 spiro atoms. The summed E-state index contributed by atoms with van der Waals surface area (Å²) >= 11 is 0. The van der Waals surface area contributed by atoms with Crippen LogP contribution in [0.15, 0.2) is 29.3 Å². The molecule has 1 aromatic rings. The molecule has 1 unspecified atom stereocenters.